The Balaban J connectivity index is 1.89. The van der Waals surface area contributed by atoms with Gasteiger partial charge in [-0.1, -0.05) is 0 Å². The van der Waals surface area contributed by atoms with E-state index >= 15 is 0 Å². The molecule has 0 unspecified atom stereocenters. The molecule has 10 heteroatoms. The van der Waals surface area contributed by atoms with Gasteiger partial charge in [-0.25, -0.2) is 20.2 Å². The molecule has 0 fully saturated rings. The Morgan fingerprint density at radius 3 is 3.08 bits per heavy atom. The largest absolute Gasteiger partial charge is 0.477 e. The van der Waals surface area contributed by atoms with E-state index in [1.165, 1.54) is 23.3 Å². The molecule has 3 aromatic heterocycles. The van der Waals surface area contributed by atoms with E-state index in [1.54, 1.807) is 11.3 Å². The van der Waals surface area contributed by atoms with Gasteiger partial charge in [0.1, 0.15) is 16.9 Å². The second-order valence-electron chi connectivity index (χ2n) is 6.45. The molecule has 0 radical (unpaired) electrons. The summed E-state index contributed by atoms with van der Waals surface area (Å²) in [6.07, 6.45) is 2.22. The zero-order valence-corrected chi connectivity index (χ0v) is 14.7. The summed E-state index contributed by atoms with van der Waals surface area (Å²) in [5, 5.41) is 17.9. The third kappa shape index (κ3) is 2.63. The standard InChI is InChI=1S/C15H16N6O3S/c1-7(13(22)23)19-20-14-18-12-10(11-16-6-17-21(11)14)8-4-15(2,3)24-5-9(8)25-12/h6H,4-5H2,1-3H3,(H,18,20)(H,22,23)/b19-7+. The van der Waals surface area contributed by atoms with Gasteiger partial charge in [0.15, 0.2) is 5.65 Å². The number of aliphatic carboxylic acids is 1. The lowest BCUT2D eigenvalue weighted by Gasteiger charge is -2.30. The molecule has 0 atom stereocenters. The average Bonchev–Trinajstić information content (AvgIpc) is 3.14. The minimum Gasteiger partial charge on any atom is -0.477 e. The van der Waals surface area contributed by atoms with E-state index in [0.29, 0.717) is 18.2 Å². The number of rotatable bonds is 3. The molecule has 0 aliphatic carbocycles. The molecule has 9 nitrogen and oxygen atoms in total. The summed E-state index contributed by atoms with van der Waals surface area (Å²) in [6, 6.07) is 0. The van der Waals surface area contributed by atoms with Gasteiger partial charge in [0.2, 0.25) is 5.95 Å². The number of carbonyl (C=O) groups is 1. The Labute approximate surface area is 146 Å². The number of carboxylic acids is 1. The van der Waals surface area contributed by atoms with Crippen molar-refractivity contribution in [3.63, 3.8) is 0 Å². The number of carboxylic acid groups (broad SMARTS) is 1. The van der Waals surface area contributed by atoms with Crippen LogP contribution in [0.1, 0.15) is 31.2 Å². The maximum Gasteiger partial charge on any atom is 0.351 e. The molecule has 2 N–H and O–H groups in total. The van der Waals surface area contributed by atoms with Crippen molar-refractivity contribution < 1.29 is 14.6 Å². The minimum absolute atomic E-state index is 0.0733. The highest BCUT2D eigenvalue weighted by molar-refractivity contribution is 7.19. The van der Waals surface area contributed by atoms with Crippen LogP contribution in [0.3, 0.4) is 0 Å². The van der Waals surface area contributed by atoms with E-state index in [0.717, 1.165) is 21.5 Å². The molecule has 0 saturated carbocycles. The third-order valence-corrected chi connectivity index (χ3v) is 5.18. The number of hydrogen-bond donors (Lipinski definition) is 2. The number of nitrogens with one attached hydrogen (secondary N) is 1. The summed E-state index contributed by atoms with van der Waals surface area (Å²) in [5.41, 5.74) is 4.23. The lowest BCUT2D eigenvalue weighted by atomic mass is 9.94. The van der Waals surface area contributed by atoms with Crippen molar-refractivity contribution in [1.29, 1.82) is 0 Å². The summed E-state index contributed by atoms with van der Waals surface area (Å²) < 4.78 is 7.43. The van der Waals surface area contributed by atoms with Crippen LogP contribution < -0.4 is 5.43 Å². The van der Waals surface area contributed by atoms with Crippen LogP contribution in [-0.4, -0.2) is 42.0 Å². The Morgan fingerprint density at radius 1 is 1.52 bits per heavy atom. The fourth-order valence-electron chi connectivity index (χ4n) is 2.81. The molecular formula is C15H16N6O3S. The number of fused-ring (bicyclic) bond motifs is 5. The Morgan fingerprint density at radius 2 is 2.32 bits per heavy atom. The number of thiophene rings is 1. The van der Waals surface area contributed by atoms with Crippen molar-refractivity contribution in [3.05, 3.63) is 16.8 Å². The van der Waals surface area contributed by atoms with Crippen molar-refractivity contribution in [2.45, 2.75) is 39.4 Å². The first-order chi connectivity index (χ1) is 11.9. The fourth-order valence-corrected chi connectivity index (χ4v) is 3.91. The highest BCUT2D eigenvalue weighted by Crippen LogP contribution is 2.40. The van der Waals surface area contributed by atoms with E-state index in [-0.39, 0.29) is 11.3 Å². The highest BCUT2D eigenvalue weighted by atomic mass is 32.1. The van der Waals surface area contributed by atoms with Gasteiger partial charge in [0.25, 0.3) is 0 Å². The van der Waals surface area contributed by atoms with Crippen molar-refractivity contribution >= 4 is 44.8 Å². The number of ether oxygens (including phenoxy) is 1. The summed E-state index contributed by atoms with van der Waals surface area (Å²) in [4.78, 5) is 21.8. The van der Waals surface area contributed by atoms with Crippen LogP contribution in [0, 0.1) is 0 Å². The number of nitrogens with zero attached hydrogens (tertiary/aromatic N) is 5. The van der Waals surface area contributed by atoms with E-state index < -0.39 is 5.97 Å². The smallest absolute Gasteiger partial charge is 0.351 e. The first-order valence-corrected chi connectivity index (χ1v) is 8.49. The minimum atomic E-state index is -1.10. The van der Waals surface area contributed by atoms with Crippen LogP contribution in [0.25, 0.3) is 15.9 Å². The molecule has 0 bridgehead atoms. The van der Waals surface area contributed by atoms with E-state index in [1.807, 2.05) is 0 Å². The number of hydrazone groups is 1. The Kier molecular flexibility index (Phi) is 3.48. The highest BCUT2D eigenvalue weighted by Gasteiger charge is 2.31. The van der Waals surface area contributed by atoms with Crippen LogP contribution in [-0.2, 0) is 22.6 Å². The quantitative estimate of drug-likeness (QED) is 0.543. The topological polar surface area (TPSA) is 114 Å². The first-order valence-electron chi connectivity index (χ1n) is 7.67. The van der Waals surface area contributed by atoms with Crippen molar-refractivity contribution in [2.75, 3.05) is 5.43 Å². The fraction of sp³-hybridized carbons (Fsp3) is 0.400. The average molecular weight is 360 g/mol. The zero-order chi connectivity index (χ0) is 17.8. The number of hydrogen-bond acceptors (Lipinski definition) is 8. The van der Waals surface area contributed by atoms with Crippen molar-refractivity contribution in [3.8, 4) is 0 Å². The molecule has 0 spiro atoms. The van der Waals surface area contributed by atoms with Gasteiger partial charge in [-0.05, 0) is 26.3 Å². The van der Waals surface area contributed by atoms with Gasteiger partial charge in [0.05, 0.1) is 17.6 Å². The lowest BCUT2D eigenvalue weighted by molar-refractivity contribution is -0.129. The molecular weight excluding hydrogens is 344 g/mol. The zero-order valence-electron chi connectivity index (χ0n) is 13.9. The van der Waals surface area contributed by atoms with Gasteiger partial charge in [-0.3, -0.25) is 0 Å². The van der Waals surface area contributed by atoms with Crippen LogP contribution in [0.4, 0.5) is 5.95 Å². The van der Waals surface area contributed by atoms with Gasteiger partial charge in [-0.2, -0.15) is 14.7 Å². The van der Waals surface area contributed by atoms with Gasteiger partial charge >= 0.3 is 5.97 Å². The molecule has 1 aliphatic rings. The summed E-state index contributed by atoms with van der Waals surface area (Å²) in [6.45, 7) is 6.07. The first kappa shape index (κ1) is 15.9. The predicted octanol–water partition coefficient (Wildman–Crippen LogP) is 2.06. The van der Waals surface area contributed by atoms with Crippen LogP contribution in [0.15, 0.2) is 11.4 Å². The van der Waals surface area contributed by atoms with Gasteiger partial charge in [-0.15, -0.1) is 11.3 Å². The summed E-state index contributed by atoms with van der Waals surface area (Å²) in [5.74, 6) is -0.784. The van der Waals surface area contributed by atoms with Crippen molar-refractivity contribution in [1.82, 2.24) is 19.6 Å². The monoisotopic (exact) mass is 360 g/mol. The molecule has 4 rings (SSSR count). The van der Waals surface area contributed by atoms with E-state index in [2.05, 4.69) is 39.4 Å². The normalized spacial score (nSPS) is 17.0. The predicted molar refractivity (Wildman–Crippen MR) is 93.1 cm³/mol. The second-order valence-corrected chi connectivity index (χ2v) is 7.54. The summed E-state index contributed by atoms with van der Waals surface area (Å²) >= 11 is 1.55. The van der Waals surface area contributed by atoms with E-state index in [9.17, 15) is 4.79 Å². The second kappa shape index (κ2) is 5.46. The van der Waals surface area contributed by atoms with E-state index in [4.69, 9.17) is 9.84 Å². The van der Waals surface area contributed by atoms with Gasteiger partial charge < -0.3 is 9.84 Å². The summed E-state index contributed by atoms with van der Waals surface area (Å²) in [7, 11) is 0. The van der Waals surface area contributed by atoms with Gasteiger partial charge in [0, 0.05) is 11.3 Å². The molecule has 0 saturated heterocycles. The lowest BCUT2D eigenvalue weighted by Crippen LogP contribution is -2.31. The number of aromatic nitrogens is 4. The molecule has 0 amide bonds. The maximum atomic E-state index is 10.9. The van der Waals surface area contributed by atoms with Crippen molar-refractivity contribution in [2.24, 2.45) is 5.10 Å². The maximum absolute atomic E-state index is 10.9. The van der Waals surface area contributed by atoms with Crippen LogP contribution in [0.2, 0.25) is 0 Å². The van der Waals surface area contributed by atoms with Crippen LogP contribution >= 0.6 is 11.3 Å². The molecule has 3 aromatic rings. The Hall–Kier alpha value is -2.59. The molecule has 1 aliphatic heterocycles. The third-order valence-electron chi connectivity index (χ3n) is 4.08. The number of anilines is 1. The van der Waals surface area contributed by atoms with Crippen LogP contribution in [0.5, 0.6) is 0 Å². The molecule has 0 aromatic carbocycles. The SMILES string of the molecule is C/C(=N\Nc1nc2sc3c(c2c2ncnn12)CC(C)(C)OC3)C(=O)O. The molecule has 4 heterocycles. The molecule has 25 heavy (non-hydrogen) atoms. The molecule has 130 valence electrons. The Bertz CT molecular complexity index is 1030.